The topological polar surface area (TPSA) is 17.8 Å². The van der Waals surface area contributed by atoms with Crippen LogP contribution in [0.4, 0.5) is 0 Å². The molecule has 3 heteroatoms. The Bertz CT molecular complexity index is 431. The third kappa shape index (κ3) is 1.48. The normalized spacial score (nSPS) is 13.5. The Morgan fingerprint density at radius 2 is 2.23 bits per heavy atom. The van der Waals surface area contributed by atoms with Crippen molar-refractivity contribution in [2.24, 2.45) is 0 Å². The lowest BCUT2D eigenvalue weighted by Gasteiger charge is -2.04. The fourth-order valence-electron chi connectivity index (χ4n) is 1.46. The quantitative estimate of drug-likeness (QED) is 0.698. The van der Waals surface area contributed by atoms with E-state index in [1.165, 1.54) is 16.5 Å². The smallest absolute Gasteiger partial charge is 0.104 e. The van der Waals surface area contributed by atoms with E-state index in [9.17, 15) is 0 Å². The van der Waals surface area contributed by atoms with Gasteiger partial charge in [-0.1, -0.05) is 27.6 Å². The van der Waals surface area contributed by atoms with Gasteiger partial charge in [0, 0.05) is 5.39 Å². The molecule has 1 aromatic carbocycles. The number of hydrogen-bond donors (Lipinski definition) is 0. The summed E-state index contributed by atoms with van der Waals surface area (Å²) < 4.78 is 1.97. The molecule has 1 atom stereocenters. The third-order valence-electron chi connectivity index (χ3n) is 2.09. The SMILES string of the molecule is Cc1ccc2c(cnn2C(C)Br)c1. The average Bonchev–Trinajstić information content (AvgIpc) is 2.46. The van der Waals surface area contributed by atoms with Crippen LogP contribution >= 0.6 is 15.9 Å². The number of aromatic nitrogens is 2. The second-order valence-electron chi connectivity index (χ2n) is 3.23. The van der Waals surface area contributed by atoms with E-state index in [0.29, 0.717) is 0 Å². The molecule has 2 rings (SSSR count). The molecule has 2 aromatic rings. The zero-order valence-corrected chi connectivity index (χ0v) is 9.25. The molecule has 1 aromatic heterocycles. The fourth-order valence-corrected chi connectivity index (χ4v) is 1.78. The first-order chi connectivity index (χ1) is 6.18. The largest absolute Gasteiger partial charge is 0.251 e. The third-order valence-corrected chi connectivity index (χ3v) is 2.48. The van der Waals surface area contributed by atoms with Crippen LogP contribution in [0.1, 0.15) is 17.4 Å². The number of hydrogen-bond acceptors (Lipinski definition) is 1. The summed E-state index contributed by atoms with van der Waals surface area (Å²) in [5.74, 6) is 0. The lowest BCUT2D eigenvalue weighted by atomic mass is 10.2. The molecule has 2 nitrogen and oxygen atoms in total. The van der Waals surface area contributed by atoms with Gasteiger partial charge in [0.2, 0.25) is 0 Å². The monoisotopic (exact) mass is 238 g/mol. The maximum atomic E-state index is 4.31. The average molecular weight is 239 g/mol. The summed E-state index contributed by atoms with van der Waals surface area (Å²) in [6, 6.07) is 6.36. The van der Waals surface area contributed by atoms with E-state index >= 15 is 0 Å². The Morgan fingerprint density at radius 3 is 2.92 bits per heavy atom. The van der Waals surface area contributed by atoms with Gasteiger partial charge in [-0.25, -0.2) is 0 Å². The summed E-state index contributed by atoms with van der Waals surface area (Å²) in [7, 11) is 0. The maximum absolute atomic E-state index is 4.31. The van der Waals surface area contributed by atoms with Crippen LogP contribution in [0.25, 0.3) is 10.9 Å². The van der Waals surface area contributed by atoms with Crippen molar-refractivity contribution in [2.45, 2.75) is 18.8 Å². The van der Waals surface area contributed by atoms with Crippen molar-refractivity contribution in [2.75, 3.05) is 0 Å². The number of halogens is 1. The van der Waals surface area contributed by atoms with Crippen LogP contribution in [-0.2, 0) is 0 Å². The number of alkyl halides is 1. The van der Waals surface area contributed by atoms with Gasteiger partial charge in [-0.3, -0.25) is 4.68 Å². The van der Waals surface area contributed by atoms with E-state index < -0.39 is 0 Å². The first-order valence-electron chi connectivity index (χ1n) is 4.26. The molecule has 0 aliphatic carbocycles. The minimum atomic E-state index is 0.243. The fraction of sp³-hybridized carbons (Fsp3) is 0.300. The molecule has 0 fully saturated rings. The van der Waals surface area contributed by atoms with Gasteiger partial charge in [0.05, 0.1) is 11.7 Å². The summed E-state index contributed by atoms with van der Waals surface area (Å²) >= 11 is 3.50. The first-order valence-corrected chi connectivity index (χ1v) is 5.18. The summed E-state index contributed by atoms with van der Waals surface area (Å²) in [5.41, 5.74) is 2.45. The van der Waals surface area contributed by atoms with E-state index in [4.69, 9.17) is 0 Å². The number of rotatable bonds is 1. The predicted molar refractivity (Wildman–Crippen MR) is 58.1 cm³/mol. The van der Waals surface area contributed by atoms with E-state index in [1.54, 1.807) is 0 Å². The maximum Gasteiger partial charge on any atom is 0.104 e. The molecule has 0 aliphatic rings. The van der Waals surface area contributed by atoms with Crippen molar-refractivity contribution in [1.29, 1.82) is 0 Å². The number of aryl methyl sites for hydroxylation is 1. The molecular formula is C10H11BrN2. The van der Waals surface area contributed by atoms with Crippen LogP contribution in [0, 0.1) is 6.92 Å². The van der Waals surface area contributed by atoms with Crippen molar-refractivity contribution in [3.8, 4) is 0 Å². The highest BCUT2D eigenvalue weighted by Crippen LogP contribution is 2.21. The van der Waals surface area contributed by atoms with Gasteiger partial charge < -0.3 is 0 Å². The second-order valence-corrected chi connectivity index (χ2v) is 4.55. The molecule has 0 aliphatic heterocycles. The molecule has 0 spiro atoms. The van der Waals surface area contributed by atoms with Crippen LogP contribution in [0.5, 0.6) is 0 Å². The molecule has 0 amide bonds. The zero-order valence-electron chi connectivity index (χ0n) is 7.66. The Balaban J connectivity index is 2.69. The van der Waals surface area contributed by atoms with E-state index in [0.717, 1.165) is 0 Å². The van der Waals surface area contributed by atoms with Crippen LogP contribution in [0.15, 0.2) is 24.4 Å². The minimum absolute atomic E-state index is 0.243. The minimum Gasteiger partial charge on any atom is -0.251 e. The van der Waals surface area contributed by atoms with Gasteiger partial charge in [-0.15, -0.1) is 0 Å². The highest BCUT2D eigenvalue weighted by molar-refractivity contribution is 9.09. The summed E-state index contributed by atoms with van der Waals surface area (Å²) in [5, 5.41) is 5.51. The summed E-state index contributed by atoms with van der Waals surface area (Å²) in [4.78, 5) is 0.243. The number of nitrogens with zero attached hydrogens (tertiary/aromatic N) is 2. The van der Waals surface area contributed by atoms with Gasteiger partial charge in [0.1, 0.15) is 4.95 Å². The molecule has 68 valence electrons. The standard InChI is InChI=1S/C10H11BrN2/c1-7-3-4-10-9(5-7)6-12-13(10)8(2)11/h3-6,8H,1-2H3. The van der Waals surface area contributed by atoms with Gasteiger partial charge in [-0.05, 0) is 26.0 Å². The Kier molecular flexibility index (Phi) is 2.12. The van der Waals surface area contributed by atoms with E-state index in [2.05, 4.69) is 53.1 Å². The Morgan fingerprint density at radius 1 is 1.46 bits per heavy atom. The number of benzene rings is 1. The molecule has 0 N–H and O–H groups in total. The predicted octanol–water partition coefficient (Wildman–Crippen LogP) is 3.26. The molecule has 0 saturated heterocycles. The molecular weight excluding hydrogens is 228 g/mol. The van der Waals surface area contributed by atoms with Crippen molar-refractivity contribution >= 4 is 26.8 Å². The molecule has 0 saturated carbocycles. The van der Waals surface area contributed by atoms with Crippen LogP contribution in [0.3, 0.4) is 0 Å². The van der Waals surface area contributed by atoms with Gasteiger partial charge >= 0.3 is 0 Å². The van der Waals surface area contributed by atoms with E-state index in [1.807, 2.05) is 10.9 Å². The second kappa shape index (κ2) is 3.14. The van der Waals surface area contributed by atoms with Crippen molar-refractivity contribution < 1.29 is 0 Å². The lowest BCUT2D eigenvalue weighted by Crippen LogP contribution is -1.98. The molecule has 1 unspecified atom stereocenters. The zero-order chi connectivity index (χ0) is 9.42. The van der Waals surface area contributed by atoms with Crippen molar-refractivity contribution in [1.82, 2.24) is 9.78 Å². The van der Waals surface area contributed by atoms with Crippen molar-refractivity contribution in [3.05, 3.63) is 30.0 Å². The molecule has 0 bridgehead atoms. The lowest BCUT2D eigenvalue weighted by molar-refractivity contribution is 0.676. The molecule has 13 heavy (non-hydrogen) atoms. The van der Waals surface area contributed by atoms with E-state index in [-0.39, 0.29) is 4.95 Å². The summed E-state index contributed by atoms with van der Waals surface area (Å²) in [6.07, 6.45) is 1.90. The summed E-state index contributed by atoms with van der Waals surface area (Å²) in [6.45, 7) is 4.15. The molecule has 1 heterocycles. The van der Waals surface area contributed by atoms with Crippen LogP contribution in [-0.4, -0.2) is 9.78 Å². The van der Waals surface area contributed by atoms with Crippen molar-refractivity contribution in [3.63, 3.8) is 0 Å². The van der Waals surface area contributed by atoms with Gasteiger partial charge in [0.25, 0.3) is 0 Å². The Hall–Kier alpha value is -0.830. The van der Waals surface area contributed by atoms with Gasteiger partial charge in [0.15, 0.2) is 0 Å². The van der Waals surface area contributed by atoms with Gasteiger partial charge in [-0.2, -0.15) is 5.10 Å². The Labute approximate surface area is 85.7 Å². The number of fused-ring (bicyclic) bond motifs is 1. The molecule has 0 radical (unpaired) electrons. The van der Waals surface area contributed by atoms with Crippen LogP contribution in [0.2, 0.25) is 0 Å². The highest BCUT2D eigenvalue weighted by atomic mass is 79.9. The first kappa shape index (κ1) is 8.75. The highest BCUT2D eigenvalue weighted by Gasteiger charge is 2.05. The van der Waals surface area contributed by atoms with Crippen LogP contribution < -0.4 is 0 Å².